The van der Waals surface area contributed by atoms with Crippen LogP contribution in [0.5, 0.6) is 0 Å². The monoisotopic (exact) mass is 302 g/mol. The number of hydrogen-bond acceptors (Lipinski definition) is 3. The maximum absolute atomic E-state index is 13.8. The summed E-state index contributed by atoms with van der Waals surface area (Å²) in [6.45, 7) is 2.66. The average Bonchev–Trinajstić information content (AvgIpc) is 2.97. The summed E-state index contributed by atoms with van der Waals surface area (Å²) in [5, 5.41) is -0.0503. The number of aryl methyl sites for hydroxylation is 1. The molecular formula is C16H15FN2OS. The van der Waals surface area contributed by atoms with Gasteiger partial charge < -0.3 is 4.90 Å². The van der Waals surface area contributed by atoms with Gasteiger partial charge in [-0.1, -0.05) is 29.8 Å². The van der Waals surface area contributed by atoms with Crippen molar-refractivity contribution in [3.05, 3.63) is 65.2 Å². The second-order valence-corrected chi connectivity index (χ2v) is 6.18. The van der Waals surface area contributed by atoms with E-state index in [0.717, 1.165) is 17.5 Å². The number of benzene rings is 1. The summed E-state index contributed by atoms with van der Waals surface area (Å²) in [4.78, 5) is 18.0. The highest BCUT2D eigenvalue weighted by Gasteiger charge is 2.32. The van der Waals surface area contributed by atoms with Gasteiger partial charge in [0.2, 0.25) is 0 Å². The first-order valence-electron chi connectivity index (χ1n) is 6.75. The lowest BCUT2D eigenvalue weighted by Gasteiger charge is -2.24. The fourth-order valence-corrected chi connectivity index (χ4v) is 3.64. The fourth-order valence-electron chi connectivity index (χ4n) is 2.39. The number of hydrogen-bond donors (Lipinski definition) is 0. The van der Waals surface area contributed by atoms with E-state index < -0.39 is 5.82 Å². The molecule has 0 radical (unpaired) electrons. The molecule has 3 rings (SSSR count). The molecule has 0 saturated carbocycles. The van der Waals surface area contributed by atoms with Gasteiger partial charge in [-0.2, -0.15) is 0 Å². The number of carbonyl (C=O) groups is 1. The van der Waals surface area contributed by atoms with Crippen LogP contribution in [-0.2, 0) is 0 Å². The molecule has 0 aliphatic carbocycles. The summed E-state index contributed by atoms with van der Waals surface area (Å²) in [6.07, 6.45) is 2.53. The molecule has 2 aromatic rings. The Labute approximate surface area is 127 Å². The van der Waals surface area contributed by atoms with Crippen molar-refractivity contribution in [3.8, 4) is 0 Å². The van der Waals surface area contributed by atoms with Gasteiger partial charge in [-0.15, -0.1) is 11.8 Å². The van der Waals surface area contributed by atoms with Gasteiger partial charge in [0.05, 0.1) is 11.8 Å². The van der Waals surface area contributed by atoms with E-state index in [0.29, 0.717) is 6.54 Å². The van der Waals surface area contributed by atoms with Crippen molar-refractivity contribution >= 4 is 17.7 Å². The van der Waals surface area contributed by atoms with Crippen molar-refractivity contribution in [2.24, 2.45) is 0 Å². The van der Waals surface area contributed by atoms with Crippen molar-refractivity contribution in [1.82, 2.24) is 9.88 Å². The van der Waals surface area contributed by atoms with Crippen molar-refractivity contribution < 1.29 is 9.18 Å². The first-order valence-corrected chi connectivity index (χ1v) is 7.80. The molecule has 0 spiro atoms. The van der Waals surface area contributed by atoms with Gasteiger partial charge in [-0.05, 0) is 18.6 Å². The minimum Gasteiger partial charge on any atom is -0.322 e. The average molecular weight is 302 g/mol. The molecule has 0 N–H and O–H groups in total. The van der Waals surface area contributed by atoms with Crippen LogP contribution in [0, 0.1) is 12.7 Å². The number of pyridine rings is 1. The molecule has 1 saturated heterocycles. The van der Waals surface area contributed by atoms with Gasteiger partial charge >= 0.3 is 0 Å². The van der Waals surface area contributed by atoms with Crippen molar-refractivity contribution in [1.29, 1.82) is 0 Å². The zero-order valence-electron chi connectivity index (χ0n) is 11.6. The molecule has 1 unspecified atom stereocenters. The smallest absolute Gasteiger partial charge is 0.258 e. The number of amides is 1. The zero-order valence-corrected chi connectivity index (χ0v) is 12.4. The fraction of sp³-hybridized carbons (Fsp3) is 0.250. The van der Waals surface area contributed by atoms with Crippen LogP contribution in [0.25, 0.3) is 0 Å². The lowest BCUT2D eigenvalue weighted by atomic mass is 10.1. The number of carbonyl (C=O) groups excluding carboxylic acids is 1. The second kappa shape index (κ2) is 5.85. The van der Waals surface area contributed by atoms with Crippen molar-refractivity contribution in [2.45, 2.75) is 12.3 Å². The third-order valence-electron chi connectivity index (χ3n) is 3.52. The number of halogens is 1. The Kier molecular flexibility index (Phi) is 3.92. The SMILES string of the molecule is Cc1ccc(C2SCCN2C(=O)c2ccncc2F)cc1. The summed E-state index contributed by atoms with van der Waals surface area (Å²) < 4.78 is 13.8. The van der Waals surface area contributed by atoms with E-state index >= 15 is 0 Å². The third kappa shape index (κ3) is 2.78. The van der Waals surface area contributed by atoms with E-state index in [-0.39, 0.29) is 16.8 Å². The molecule has 1 aliphatic heterocycles. The summed E-state index contributed by atoms with van der Waals surface area (Å²) in [6, 6.07) is 9.56. The Morgan fingerprint density at radius 1 is 1.33 bits per heavy atom. The van der Waals surface area contributed by atoms with E-state index in [1.807, 2.05) is 31.2 Å². The number of thioether (sulfide) groups is 1. The zero-order chi connectivity index (χ0) is 14.8. The Morgan fingerprint density at radius 3 is 2.81 bits per heavy atom. The van der Waals surface area contributed by atoms with Crippen LogP contribution in [0.3, 0.4) is 0 Å². The molecule has 2 heterocycles. The standard InChI is InChI=1S/C16H15FN2OS/c1-11-2-4-12(5-3-11)16-19(8-9-21-16)15(20)13-6-7-18-10-14(13)17/h2-7,10,16H,8-9H2,1H3. The highest BCUT2D eigenvalue weighted by atomic mass is 32.2. The largest absolute Gasteiger partial charge is 0.322 e. The van der Waals surface area contributed by atoms with Gasteiger partial charge in [0.25, 0.3) is 5.91 Å². The minimum atomic E-state index is -0.568. The number of nitrogens with zero attached hydrogens (tertiary/aromatic N) is 2. The molecule has 0 bridgehead atoms. The van der Waals surface area contributed by atoms with Gasteiger partial charge in [0, 0.05) is 18.5 Å². The Bertz CT molecular complexity index is 660. The lowest BCUT2D eigenvalue weighted by molar-refractivity contribution is 0.0755. The number of rotatable bonds is 2. The molecule has 1 amide bonds. The third-order valence-corrected chi connectivity index (χ3v) is 4.78. The van der Waals surface area contributed by atoms with E-state index in [4.69, 9.17) is 0 Å². The van der Waals surface area contributed by atoms with Crippen molar-refractivity contribution in [3.63, 3.8) is 0 Å². The molecule has 21 heavy (non-hydrogen) atoms. The quantitative estimate of drug-likeness (QED) is 0.852. The topological polar surface area (TPSA) is 33.2 Å². The molecule has 1 aromatic heterocycles. The summed E-state index contributed by atoms with van der Waals surface area (Å²) in [5.74, 6) is 0.0179. The van der Waals surface area contributed by atoms with Crippen LogP contribution in [0.2, 0.25) is 0 Å². The Morgan fingerprint density at radius 2 is 2.10 bits per heavy atom. The first kappa shape index (κ1) is 14.1. The molecule has 3 nitrogen and oxygen atoms in total. The molecule has 5 heteroatoms. The highest BCUT2D eigenvalue weighted by Crippen LogP contribution is 2.38. The summed E-state index contributed by atoms with van der Waals surface area (Å²) >= 11 is 1.71. The molecule has 108 valence electrons. The van der Waals surface area contributed by atoms with Crippen molar-refractivity contribution in [2.75, 3.05) is 12.3 Å². The van der Waals surface area contributed by atoms with Crippen LogP contribution in [0.1, 0.15) is 26.9 Å². The Balaban J connectivity index is 1.89. The lowest BCUT2D eigenvalue weighted by Crippen LogP contribution is -2.31. The maximum Gasteiger partial charge on any atom is 0.258 e. The van der Waals surface area contributed by atoms with Gasteiger partial charge in [0.1, 0.15) is 5.37 Å². The van der Waals surface area contributed by atoms with E-state index in [2.05, 4.69) is 4.98 Å². The molecule has 1 fully saturated rings. The van der Waals surface area contributed by atoms with E-state index in [9.17, 15) is 9.18 Å². The number of aromatic nitrogens is 1. The van der Waals surface area contributed by atoms with Gasteiger partial charge in [-0.3, -0.25) is 9.78 Å². The van der Waals surface area contributed by atoms with E-state index in [1.54, 1.807) is 16.7 Å². The van der Waals surface area contributed by atoms with Gasteiger partial charge in [0.15, 0.2) is 5.82 Å². The molecular weight excluding hydrogens is 287 g/mol. The predicted molar refractivity (Wildman–Crippen MR) is 81.6 cm³/mol. The normalized spacial score (nSPS) is 18.0. The molecule has 1 aliphatic rings. The summed E-state index contributed by atoms with van der Waals surface area (Å²) in [5.41, 5.74) is 2.34. The Hall–Kier alpha value is -1.88. The highest BCUT2D eigenvalue weighted by molar-refractivity contribution is 7.99. The van der Waals surface area contributed by atoms with Gasteiger partial charge in [-0.25, -0.2) is 4.39 Å². The van der Waals surface area contributed by atoms with Crippen LogP contribution in [-0.4, -0.2) is 28.1 Å². The first-order chi connectivity index (χ1) is 10.2. The second-order valence-electron chi connectivity index (χ2n) is 4.99. The van der Waals surface area contributed by atoms with E-state index in [1.165, 1.54) is 17.8 Å². The predicted octanol–water partition coefficient (Wildman–Crippen LogP) is 3.42. The van der Waals surface area contributed by atoms with Crippen LogP contribution in [0.15, 0.2) is 42.7 Å². The van der Waals surface area contributed by atoms with Crippen LogP contribution < -0.4 is 0 Å². The minimum absolute atomic E-state index is 0.0503. The van der Waals surface area contributed by atoms with Crippen LogP contribution in [0.4, 0.5) is 4.39 Å². The van der Waals surface area contributed by atoms with Crippen LogP contribution >= 0.6 is 11.8 Å². The summed E-state index contributed by atoms with van der Waals surface area (Å²) in [7, 11) is 0. The maximum atomic E-state index is 13.8. The molecule has 1 atom stereocenters. The molecule has 1 aromatic carbocycles.